The lowest BCUT2D eigenvalue weighted by Gasteiger charge is -2.57. The maximum absolute atomic E-state index is 15.2. The number of allylic oxidation sites excluding steroid dienone is 4. The highest BCUT2D eigenvalue weighted by Gasteiger charge is 2.56. The summed E-state index contributed by atoms with van der Waals surface area (Å²) in [7, 11) is 0. The molecule has 8 rings (SSSR count). The van der Waals surface area contributed by atoms with Gasteiger partial charge in [0, 0.05) is 22.7 Å². The van der Waals surface area contributed by atoms with Crippen molar-refractivity contribution in [3.8, 4) is 0 Å². The van der Waals surface area contributed by atoms with Crippen LogP contribution in [0.2, 0.25) is 0 Å². The van der Waals surface area contributed by atoms with Gasteiger partial charge in [-0.05, 0) is 121 Å². The first-order valence-corrected chi connectivity index (χ1v) is 25.9. The Kier molecular flexibility index (Phi) is 15.3. The highest BCUT2D eigenvalue weighted by molar-refractivity contribution is 5.46. The van der Waals surface area contributed by atoms with Gasteiger partial charge in [0.1, 0.15) is 0 Å². The molecule has 63 heavy (non-hydrogen) atoms. The Morgan fingerprint density at radius 1 is 0.476 bits per heavy atom. The summed E-state index contributed by atoms with van der Waals surface area (Å²) in [5.41, 5.74) is 0.691. The van der Waals surface area contributed by atoms with E-state index in [4.69, 9.17) is 4.74 Å². The molecule has 2 aromatic carbocycles. The van der Waals surface area contributed by atoms with Crippen LogP contribution in [-0.2, 0) is 15.6 Å². The fraction of sp³-hybridized carbons (Fsp3) is 0.655. The Morgan fingerprint density at radius 3 is 1.17 bits per heavy atom. The normalized spacial score (nSPS) is 32.8. The Morgan fingerprint density at radius 2 is 0.841 bits per heavy atom. The summed E-state index contributed by atoms with van der Waals surface area (Å²) in [4.78, 5) is 0. The summed E-state index contributed by atoms with van der Waals surface area (Å²) in [6, 6.07) is 9.35. The van der Waals surface area contributed by atoms with E-state index in [-0.39, 0.29) is 22.7 Å². The zero-order chi connectivity index (χ0) is 43.9. The lowest BCUT2D eigenvalue weighted by Crippen LogP contribution is -2.51. The summed E-state index contributed by atoms with van der Waals surface area (Å²) in [6.07, 6.45) is 48.1. The second kappa shape index (κ2) is 20.7. The topological polar surface area (TPSA) is 9.23 Å². The fourth-order valence-electron chi connectivity index (χ4n) is 14.7. The first-order valence-electron chi connectivity index (χ1n) is 25.9. The van der Waals surface area contributed by atoms with Crippen molar-refractivity contribution in [1.82, 2.24) is 0 Å². The second-order valence-corrected chi connectivity index (χ2v) is 21.5. The average Bonchev–Trinajstić information content (AvgIpc) is 3.33. The summed E-state index contributed by atoms with van der Waals surface area (Å²) < 4.78 is 66.0. The van der Waals surface area contributed by atoms with Gasteiger partial charge in [0.2, 0.25) is 0 Å². The molecule has 0 radical (unpaired) electrons. The predicted octanol–water partition coefficient (Wildman–Crippen LogP) is 16.8. The number of hydrogen-bond acceptors (Lipinski definition) is 1. The molecular formula is C58H78F4O. The van der Waals surface area contributed by atoms with Crippen LogP contribution in [0.3, 0.4) is 0 Å². The SMILES string of the molecule is CCCC[C@H]1CC[C@H](C2([C@]3(c4ccc(F)c(F)c4)C=C[C@H](COC[C@H]4C=C[C@@](c5ccc(F)c(F)c5)(C5([C@H]6CC[C@H](CCCC)CC6)CCCCC5)C=C4)C=C3)CCCCC2)CC1. The molecule has 1 nitrogen and oxygen atoms in total. The summed E-state index contributed by atoms with van der Waals surface area (Å²) >= 11 is 0. The van der Waals surface area contributed by atoms with E-state index in [9.17, 15) is 8.78 Å². The van der Waals surface area contributed by atoms with Crippen molar-refractivity contribution in [3.63, 3.8) is 0 Å². The van der Waals surface area contributed by atoms with E-state index in [1.807, 2.05) is 12.1 Å². The predicted molar refractivity (Wildman–Crippen MR) is 251 cm³/mol. The van der Waals surface area contributed by atoms with Crippen LogP contribution in [-0.4, -0.2) is 13.2 Å². The minimum atomic E-state index is -0.787. The second-order valence-electron chi connectivity index (χ2n) is 21.5. The van der Waals surface area contributed by atoms with Crippen LogP contribution in [0, 0.1) is 69.6 Å². The van der Waals surface area contributed by atoms with Crippen LogP contribution >= 0.6 is 0 Å². The van der Waals surface area contributed by atoms with E-state index >= 15 is 8.78 Å². The quantitative estimate of drug-likeness (QED) is 0.121. The molecule has 0 atom stereocenters. The van der Waals surface area contributed by atoms with Gasteiger partial charge in [-0.25, -0.2) is 17.6 Å². The molecule has 0 aliphatic heterocycles. The molecule has 0 heterocycles. The minimum Gasteiger partial charge on any atom is -0.380 e. The van der Waals surface area contributed by atoms with E-state index in [0.29, 0.717) is 25.0 Å². The zero-order valence-electron chi connectivity index (χ0n) is 38.9. The molecule has 4 saturated carbocycles. The van der Waals surface area contributed by atoms with Crippen molar-refractivity contribution < 1.29 is 22.3 Å². The molecular weight excluding hydrogens is 789 g/mol. The van der Waals surface area contributed by atoms with E-state index < -0.39 is 34.1 Å². The molecule has 0 unspecified atom stereocenters. The smallest absolute Gasteiger partial charge is 0.159 e. The maximum Gasteiger partial charge on any atom is 0.159 e. The van der Waals surface area contributed by atoms with Gasteiger partial charge in [0.15, 0.2) is 23.3 Å². The molecule has 2 aromatic rings. The third-order valence-corrected chi connectivity index (χ3v) is 18.2. The van der Waals surface area contributed by atoms with Gasteiger partial charge in [-0.15, -0.1) is 0 Å². The van der Waals surface area contributed by atoms with Gasteiger partial charge in [0.25, 0.3) is 0 Å². The van der Waals surface area contributed by atoms with Gasteiger partial charge in [-0.1, -0.05) is 177 Å². The molecule has 344 valence electrons. The molecule has 0 amide bonds. The molecule has 0 saturated heterocycles. The third-order valence-electron chi connectivity index (χ3n) is 18.2. The van der Waals surface area contributed by atoms with Gasteiger partial charge in [-0.2, -0.15) is 0 Å². The molecule has 0 N–H and O–H groups in total. The Labute approximate surface area is 378 Å². The molecule has 0 bridgehead atoms. The molecule has 4 fully saturated rings. The van der Waals surface area contributed by atoms with Crippen molar-refractivity contribution >= 4 is 0 Å². The number of hydrogen-bond donors (Lipinski definition) is 0. The minimum absolute atomic E-state index is 0.0359. The van der Waals surface area contributed by atoms with Crippen molar-refractivity contribution in [2.45, 2.75) is 179 Å². The highest BCUT2D eigenvalue weighted by atomic mass is 19.2. The number of benzene rings is 2. The van der Waals surface area contributed by atoms with Crippen LogP contribution < -0.4 is 0 Å². The standard InChI is InChI=1S/C58H78F4O/c1-3-5-13-43-15-19-47(20-16-43)55(31-9-7-10-32-55)57(49-23-25-51(59)53(61)39-49)35-27-45(28-36-57)41-63-42-46-29-37-58(38-30-46,50-24-26-52(60)54(62)40-50)56(33-11-8-12-34-56)48-21-17-44(18-22-48)14-6-4-2/h23-30,35-40,43-48H,3-22,31-34,41-42H2,1-2H3/t43-,44-,45-,46-,47-,48-,57+,58+. The number of rotatable bonds is 16. The van der Waals surface area contributed by atoms with Gasteiger partial charge in [0.05, 0.1) is 13.2 Å². The average molecular weight is 867 g/mol. The molecule has 5 heteroatoms. The fourth-order valence-corrected chi connectivity index (χ4v) is 14.7. The first kappa shape index (κ1) is 46.6. The van der Waals surface area contributed by atoms with Gasteiger partial charge in [-0.3, -0.25) is 0 Å². The molecule has 6 aliphatic carbocycles. The lowest BCUT2D eigenvalue weighted by atomic mass is 9.46. The number of ether oxygens (including phenoxy) is 1. The third kappa shape index (κ3) is 9.40. The monoisotopic (exact) mass is 867 g/mol. The van der Waals surface area contributed by atoms with Crippen LogP contribution in [0.5, 0.6) is 0 Å². The summed E-state index contributed by atoms with van der Waals surface area (Å²) in [5.74, 6) is -0.247. The largest absolute Gasteiger partial charge is 0.380 e. The lowest BCUT2D eigenvalue weighted by molar-refractivity contribution is 0.00998. The first-order chi connectivity index (χ1) is 30.7. The maximum atomic E-state index is 15.2. The van der Waals surface area contributed by atoms with Gasteiger partial charge >= 0.3 is 0 Å². The summed E-state index contributed by atoms with van der Waals surface area (Å²) in [6.45, 7) is 5.65. The highest BCUT2D eigenvalue weighted by Crippen LogP contribution is 2.63. The Bertz CT molecular complexity index is 1750. The van der Waals surface area contributed by atoms with E-state index in [1.165, 1.54) is 153 Å². The van der Waals surface area contributed by atoms with Gasteiger partial charge < -0.3 is 4.74 Å². The molecule has 6 aliphatic rings. The van der Waals surface area contributed by atoms with Crippen molar-refractivity contribution in [1.29, 1.82) is 0 Å². The van der Waals surface area contributed by atoms with Crippen LogP contribution in [0.25, 0.3) is 0 Å². The Balaban J connectivity index is 0.999. The number of unbranched alkanes of at least 4 members (excludes halogenated alkanes) is 2. The molecule has 0 spiro atoms. The van der Waals surface area contributed by atoms with E-state index in [1.54, 1.807) is 0 Å². The van der Waals surface area contributed by atoms with Crippen molar-refractivity contribution in [3.05, 3.63) is 119 Å². The van der Waals surface area contributed by atoms with Crippen LogP contribution in [0.15, 0.2) is 85.0 Å². The van der Waals surface area contributed by atoms with Crippen LogP contribution in [0.4, 0.5) is 17.6 Å². The van der Waals surface area contributed by atoms with E-state index in [0.717, 1.165) is 48.6 Å². The van der Waals surface area contributed by atoms with Crippen LogP contribution in [0.1, 0.15) is 179 Å². The summed E-state index contributed by atoms with van der Waals surface area (Å²) in [5, 5.41) is 0. The molecule has 0 aromatic heterocycles. The van der Waals surface area contributed by atoms with Crippen molar-refractivity contribution in [2.75, 3.05) is 13.2 Å². The Hall–Kier alpha value is -2.92. The number of halogens is 4. The van der Waals surface area contributed by atoms with Crippen molar-refractivity contribution in [2.24, 2.45) is 46.3 Å². The zero-order valence-corrected chi connectivity index (χ0v) is 38.9. The van der Waals surface area contributed by atoms with E-state index in [2.05, 4.69) is 62.5 Å².